The molecule has 0 aliphatic rings. The van der Waals surface area contributed by atoms with Crippen LogP contribution in [0.15, 0.2) is 36.4 Å². The van der Waals surface area contributed by atoms with Gasteiger partial charge in [-0.2, -0.15) is 13.2 Å². The summed E-state index contributed by atoms with van der Waals surface area (Å²) in [5.41, 5.74) is -1.26. The molecule has 1 amide bonds. The Balaban J connectivity index is 1.95. The molecule has 9 heteroatoms. The molecule has 0 aliphatic heterocycles. The number of halogens is 3. The predicted octanol–water partition coefficient (Wildman–Crippen LogP) is 3.44. The standard InChI is InChI=1S/C17H14F3NO4S/c1-10(22)21-8-13-5-6-15(26-13)14(23)9-25-16(24)11-3-2-4-12(7-11)17(18,19)20/h2-7H,8-9H2,1H3,(H,21,22). The van der Waals surface area contributed by atoms with E-state index in [9.17, 15) is 27.6 Å². The summed E-state index contributed by atoms with van der Waals surface area (Å²) >= 11 is 1.13. The lowest BCUT2D eigenvalue weighted by Gasteiger charge is -2.08. The number of hydrogen-bond donors (Lipinski definition) is 1. The average molecular weight is 385 g/mol. The Morgan fingerprint density at radius 1 is 1.15 bits per heavy atom. The van der Waals surface area contributed by atoms with E-state index < -0.39 is 30.1 Å². The maximum atomic E-state index is 12.7. The van der Waals surface area contributed by atoms with Crippen molar-refractivity contribution in [3.05, 3.63) is 57.3 Å². The summed E-state index contributed by atoms with van der Waals surface area (Å²) in [4.78, 5) is 35.8. The number of hydrogen-bond acceptors (Lipinski definition) is 5. The van der Waals surface area contributed by atoms with Crippen LogP contribution in [0.4, 0.5) is 13.2 Å². The van der Waals surface area contributed by atoms with Gasteiger partial charge in [0.1, 0.15) is 0 Å². The topological polar surface area (TPSA) is 72.5 Å². The van der Waals surface area contributed by atoms with Crippen molar-refractivity contribution in [2.24, 2.45) is 0 Å². The summed E-state index contributed by atoms with van der Waals surface area (Å²) in [5, 5.41) is 2.59. The van der Waals surface area contributed by atoms with Crippen LogP contribution in [0.25, 0.3) is 0 Å². The van der Waals surface area contributed by atoms with Crippen LogP contribution >= 0.6 is 11.3 Å². The largest absolute Gasteiger partial charge is 0.454 e. The number of amides is 1. The number of benzene rings is 1. The molecule has 1 N–H and O–H groups in total. The van der Waals surface area contributed by atoms with Crippen molar-refractivity contribution in [3.63, 3.8) is 0 Å². The number of carbonyl (C=O) groups is 3. The van der Waals surface area contributed by atoms with Gasteiger partial charge < -0.3 is 10.1 Å². The van der Waals surface area contributed by atoms with E-state index in [4.69, 9.17) is 4.74 Å². The van der Waals surface area contributed by atoms with E-state index >= 15 is 0 Å². The first-order valence-corrected chi connectivity index (χ1v) is 8.19. The number of thiophene rings is 1. The second-order valence-corrected chi connectivity index (χ2v) is 6.42. The second-order valence-electron chi connectivity index (χ2n) is 5.25. The van der Waals surface area contributed by atoms with Crippen molar-refractivity contribution >= 4 is 29.0 Å². The third-order valence-electron chi connectivity index (χ3n) is 3.21. The number of rotatable bonds is 6. The number of carbonyl (C=O) groups excluding carboxylic acids is 3. The van der Waals surface area contributed by atoms with E-state index in [1.807, 2.05) is 0 Å². The van der Waals surface area contributed by atoms with E-state index in [1.54, 1.807) is 6.07 Å². The molecule has 1 aromatic carbocycles. The highest BCUT2D eigenvalue weighted by molar-refractivity contribution is 7.14. The highest BCUT2D eigenvalue weighted by atomic mass is 32.1. The van der Waals surface area contributed by atoms with Gasteiger partial charge in [0.05, 0.1) is 22.5 Å². The van der Waals surface area contributed by atoms with E-state index in [0.29, 0.717) is 10.9 Å². The van der Waals surface area contributed by atoms with Crippen LogP contribution in [0.1, 0.15) is 37.4 Å². The fourth-order valence-corrected chi connectivity index (χ4v) is 2.81. The molecule has 26 heavy (non-hydrogen) atoms. The smallest absolute Gasteiger partial charge is 0.416 e. The lowest BCUT2D eigenvalue weighted by molar-refractivity contribution is -0.137. The van der Waals surface area contributed by atoms with Crippen molar-refractivity contribution < 1.29 is 32.3 Å². The molecule has 0 aliphatic carbocycles. The maximum Gasteiger partial charge on any atom is 0.416 e. The summed E-state index contributed by atoms with van der Waals surface area (Å²) in [6.07, 6.45) is -4.58. The Hall–Kier alpha value is -2.68. The summed E-state index contributed by atoms with van der Waals surface area (Å²) in [6, 6.07) is 6.96. The molecule has 5 nitrogen and oxygen atoms in total. The number of Topliss-reactive ketones (excluding diaryl/α,β-unsaturated/α-hetero) is 1. The Kier molecular flexibility index (Phi) is 6.14. The number of nitrogens with one attached hydrogen (secondary N) is 1. The summed E-state index contributed by atoms with van der Waals surface area (Å²) < 4.78 is 42.8. The molecule has 138 valence electrons. The zero-order valence-corrected chi connectivity index (χ0v) is 14.4. The Bertz CT molecular complexity index is 829. The van der Waals surface area contributed by atoms with Crippen LogP contribution in [0.5, 0.6) is 0 Å². The second kappa shape index (κ2) is 8.13. The highest BCUT2D eigenvalue weighted by Gasteiger charge is 2.31. The Morgan fingerprint density at radius 2 is 1.88 bits per heavy atom. The molecular weight excluding hydrogens is 371 g/mol. The molecule has 0 saturated heterocycles. The van der Waals surface area contributed by atoms with Gasteiger partial charge in [0.15, 0.2) is 6.61 Å². The normalized spacial score (nSPS) is 11.1. The predicted molar refractivity (Wildman–Crippen MR) is 87.9 cm³/mol. The number of ether oxygens (including phenoxy) is 1. The summed E-state index contributed by atoms with van der Waals surface area (Å²) in [6.45, 7) is 1.05. The van der Waals surface area contributed by atoms with Crippen molar-refractivity contribution in [1.82, 2.24) is 5.32 Å². The van der Waals surface area contributed by atoms with E-state index in [0.717, 1.165) is 28.3 Å². The first-order valence-electron chi connectivity index (χ1n) is 7.37. The molecule has 0 fully saturated rings. The molecular formula is C17H14F3NO4S. The quantitative estimate of drug-likeness (QED) is 0.611. The van der Waals surface area contributed by atoms with Gasteiger partial charge in [0, 0.05) is 11.8 Å². The van der Waals surface area contributed by atoms with E-state index in [-0.39, 0.29) is 18.0 Å². The Morgan fingerprint density at radius 3 is 2.54 bits per heavy atom. The van der Waals surface area contributed by atoms with E-state index in [1.165, 1.54) is 19.1 Å². The molecule has 1 heterocycles. The minimum atomic E-state index is -4.58. The van der Waals surface area contributed by atoms with Crippen molar-refractivity contribution in [3.8, 4) is 0 Å². The van der Waals surface area contributed by atoms with Crippen LogP contribution in [-0.2, 0) is 22.3 Å². The van der Waals surface area contributed by atoms with E-state index in [2.05, 4.69) is 5.32 Å². The molecule has 0 radical (unpaired) electrons. The third-order valence-corrected chi connectivity index (χ3v) is 4.33. The molecule has 0 spiro atoms. The highest BCUT2D eigenvalue weighted by Crippen LogP contribution is 2.29. The first kappa shape index (κ1) is 19.6. The fraction of sp³-hybridized carbons (Fsp3) is 0.235. The number of ketones is 1. The van der Waals surface area contributed by atoms with Gasteiger partial charge in [0.25, 0.3) is 0 Å². The van der Waals surface area contributed by atoms with Gasteiger partial charge in [-0.3, -0.25) is 9.59 Å². The first-order chi connectivity index (χ1) is 12.2. The summed E-state index contributed by atoms with van der Waals surface area (Å²) in [7, 11) is 0. The van der Waals surface area contributed by atoms with Gasteiger partial charge in [0.2, 0.25) is 11.7 Å². The fourth-order valence-electron chi connectivity index (χ4n) is 1.94. The number of alkyl halides is 3. The lowest BCUT2D eigenvalue weighted by atomic mass is 10.1. The molecule has 0 atom stereocenters. The molecule has 2 aromatic rings. The van der Waals surface area contributed by atoms with Crippen molar-refractivity contribution in [2.45, 2.75) is 19.6 Å². The molecule has 0 unspecified atom stereocenters. The SMILES string of the molecule is CC(=O)NCc1ccc(C(=O)COC(=O)c2cccc(C(F)(F)F)c2)s1. The van der Waals surface area contributed by atoms with Crippen LogP contribution in [0.3, 0.4) is 0 Å². The van der Waals surface area contributed by atoms with Crippen LogP contribution < -0.4 is 5.32 Å². The van der Waals surface area contributed by atoms with Crippen LogP contribution in [0.2, 0.25) is 0 Å². The zero-order chi connectivity index (χ0) is 19.3. The number of esters is 1. The maximum absolute atomic E-state index is 12.7. The van der Waals surface area contributed by atoms with Gasteiger partial charge >= 0.3 is 12.1 Å². The summed E-state index contributed by atoms with van der Waals surface area (Å²) in [5.74, 6) is -1.70. The average Bonchev–Trinajstić information content (AvgIpc) is 3.06. The third kappa shape index (κ3) is 5.41. The molecule has 0 saturated carbocycles. The van der Waals surface area contributed by atoms with Crippen molar-refractivity contribution in [1.29, 1.82) is 0 Å². The van der Waals surface area contributed by atoms with Crippen LogP contribution in [-0.4, -0.2) is 24.3 Å². The van der Waals surface area contributed by atoms with Gasteiger partial charge in [-0.15, -0.1) is 11.3 Å². The molecule has 2 rings (SSSR count). The van der Waals surface area contributed by atoms with Gasteiger partial charge in [-0.25, -0.2) is 4.79 Å². The van der Waals surface area contributed by atoms with Gasteiger partial charge in [-0.1, -0.05) is 6.07 Å². The molecule has 0 bridgehead atoms. The van der Waals surface area contributed by atoms with Crippen LogP contribution in [0, 0.1) is 0 Å². The minimum absolute atomic E-state index is 0.207. The zero-order valence-electron chi connectivity index (χ0n) is 13.6. The van der Waals surface area contributed by atoms with Gasteiger partial charge in [-0.05, 0) is 30.3 Å². The lowest BCUT2D eigenvalue weighted by Crippen LogP contribution is -2.18. The monoisotopic (exact) mass is 385 g/mol. The molecule has 1 aromatic heterocycles. The Labute approximate surface area is 150 Å². The minimum Gasteiger partial charge on any atom is -0.454 e. The van der Waals surface area contributed by atoms with Crippen molar-refractivity contribution in [2.75, 3.05) is 6.61 Å².